The molecule has 0 heterocycles. The van der Waals surface area contributed by atoms with Crippen molar-refractivity contribution in [1.82, 2.24) is 5.32 Å². The van der Waals surface area contributed by atoms with Gasteiger partial charge in [0.15, 0.2) is 0 Å². The number of nitrogens with two attached hydrogens (primary N) is 1. The summed E-state index contributed by atoms with van der Waals surface area (Å²) in [5.41, 5.74) is 8.87. The number of aryl methyl sites for hydroxylation is 1. The Labute approximate surface area is 159 Å². The summed E-state index contributed by atoms with van der Waals surface area (Å²) in [6.07, 6.45) is 0. The molecule has 0 fully saturated rings. The zero-order chi connectivity index (χ0) is 18.6. The number of hydrogen-bond donors (Lipinski definition) is 2. The molecular formula is C19H24ClN3O3. The fourth-order valence-electron chi connectivity index (χ4n) is 2.53. The van der Waals surface area contributed by atoms with Crippen LogP contribution in [0.25, 0.3) is 0 Å². The van der Waals surface area contributed by atoms with Gasteiger partial charge in [-0.2, -0.15) is 0 Å². The van der Waals surface area contributed by atoms with E-state index < -0.39 is 10.8 Å². The van der Waals surface area contributed by atoms with E-state index >= 15 is 0 Å². The minimum Gasteiger partial charge on any atom is -0.350 e. The lowest BCUT2D eigenvalue weighted by Gasteiger charge is -2.15. The minimum absolute atomic E-state index is 0. The van der Waals surface area contributed by atoms with Crippen molar-refractivity contribution in [1.29, 1.82) is 0 Å². The third-order valence-electron chi connectivity index (χ3n) is 4.11. The maximum Gasteiger partial charge on any atom is 0.282 e. The molecule has 140 valence electrons. The van der Waals surface area contributed by atoms with Crippen molar-refractivity contribution in [2.75, 3.05) is 6.54 Å². The summed E-state index contributed by atoms with van der Waals surface area (Å²) in [5, 5.41) is 13.8. The van der Waals surface area contributed by atoms with E-state index in [9.17, 15) is 14.9 Å². The van der Waals surface area contributed by atoms with Gasteiger partial charge in [0.05, 0.1) is 4.92 Å². The third kappa shape index (κ3) is 5.28. The highest BCUT2D eigenvalue weighted by atomic mass is 35.5. The number of nitro groups is 1. The largest absolute Gasteiger partial charge is 0.350 e. The normalized spacial score (nSPS) is 11.6. The number of nitrogens with one attached hydrogen (secondary N) is 1. The molecule has 0 spiro atoms. The second-order valence-corrected chi connectivity index (χ2v) is 6.42. The van der Waals surface area contributed by atoms with E-state index in [2.05, 4.69) is 19.2 Å². The summed E-state index contributed by atoms with van der Waals surface area (Å²) in [6, 6.07) is 12.0. The van der Waals surface area contributed by atoms with Crippen LogP contribution in [0.3, 0.4) is 0 Å². The van der Waals surface area contributed by atoms with Gasteiger partial charge in [-0.15, -0.1) is 12.4 Å². The Morgan fingerprint density at radius 1 is 1.15 bits per heavy atom. The van der Waals surface area contributed by atoms with Crippen LogP contribution >= 0.6 is 12.4 Å². The molecule has 1 atom stereocenters. The van der Waals surface area contributed by atoms with Crippen LogP contribution in [0.15, 0.2) is 42.5 Å². The van der Waals surface area contributed by atoms with Crippen LogP contribution in [-0.4, -0.2) is 17.4 Å². The Morgan fingerprint density at radius 2 is 1.73 bits per heavy atom. The summed E-state index contributed by atoms with van der Waals surface area (Å²) in [6.45, 7) is 6.21. The van der Waals surface area contributed by atoms with E-state index in [1.54, 1.807) is 13.0 Å². The zero-order valence-electron chi connectivity index (χ0n) is 15.1. The lowest BCUT2D eigenvalue weighted by atomic mass is 9.99. The maximum absolute atomic E-state index is 12.3. The predicted molar refractivity (Wildman–Crippen MR) is 105 cm³/mol. The summed E-state index contributed by atoms with van der Waals surface area (Å²) in [5.74, 6) is -0.0588. The fourth-order valence-corrected chi connectivity index (χ4v) is 2.53. The van der Waals surface area contributed by atoms with Crippen molar-refractivity contribution in [2.24, 2.45) is 5.73 Å². The average Bonchev–Trinajstić information content (AvgIpc) is 2.59. The molecule has 1 unspecified atom stereocenters. The lowest BCUT2D eigenvalue weighted by molar-refractivity contribution is -0.385. The van der Waals surface area contributed by atoms with Crippen molar-refractivity contribution in [3.8, 4) is 0 Å². The van der Waals surface area contributed by atoms with Crippen LogP contribution in [0.1, 0.15) is 52.9 Å². The Balaban J connectivity index is 0.00000338. The first kappa shape index (κ1) is 21.6. The molecule has 0 saturated heterocycles. The number of nitrogens with zero attached hydrogens (tertiary/aromatic N) is 1. The summed E-state index contributed by atoms with van der Waals surface area (Å²) < 4.78 is 0. The molecule has 2 aromatic carbocycles. The van der Waals surface area contributed by atoms with E-state index in [0.29, 0.717) is 5.92 Å². The Morgan fingerprint density at radius 3 is 2.27 bits per heavy atom. The van der Waals surface area contributed by atoms with E-state index in [1.165, 1.54) is 17.7 Å². The molecule has 0 aromatic heterocycles. The Kier molecular flexibility index (Phi) is 7.74. The van der Waals surface area contributed by atoms with Crippen LogP contribution in [0.4, 0.5) is 5.69 Å². The summed E-state index contributed by atoms with van der Waals surface area (Å²) >= 11 is 0. The van der Waals surface area contributed by atoms with Gasteiger partial charge in [0, 0.05) is 18.7 Å². The van der Waals surface area contributed by atoms with E-state index in [-0.39, 0.29) is 36.2 Å². The molecular weight excluding hydrogens is 354 g/mol. The average molecular weight is 378 g/mol. The molecule has 0 aliphatic rings. The van der Waals surface area contributed by atoms with Crippen molar-refractivity contribution in [2.45, 2.75) is 32.7 Å². The smallest absolute Gasteiger partial charge is 0.282 e. The Hall–Kier alpha value is -2.44. The molecule has 26 heavy (non-hydrogen) atoms. The minimum atomic E-state index is -0.557. The van der Waals surface area contributed by atoms with Crippen LogP contribution in [0, 0.1) is 17.0 Å². The van der Waals surface area contributed by atoms with Crippen molar-refractivity contribution < 1.29 is 9.72 Å². The maximum atomic E-state index is 12.3. The number of rotatable bonds is 6. The second-order valence-electron chi connectivity index (χ2n) is 6.42. The number of halogens is 1. The molecule has 3 N–H and O–H groups in total. The summed E-state index contributed by atoms with van der Waals surface area (Å²) in [4.78, 5) is 22.9. The van der Waals surface area contributed by atoms with Gasteiger partial charge in [-0.25, -0.2) is 0 Å². The molecule has 0 aliphatic heterocycles. The number of carbonyl (C=O) groups excluding carboxylic acids is 1. The van der Waals surface area contributed by atoms with Crippen LogP contribution in [-0.2, 0) is 0 Å². The van der Waals surface area contributed by atoms with Gasteiger partial charge in [0.1, 0.15) is 5.56 Å². The number of benzene rings is 2. The molecule has 0 bridgehead atoms. The first-order valence-electron chi connectivity index (χ1n) is 8.18. The van der Waals surface area contributed by atoms with Crippen molar-refractivity contribution >= 4 is 24.0 Å². The number of amides is 1. The number of hydrogen-bond acceptors (Lipinski definition) is 4. The van der Waals surface area contributed by atoms with Gasteiger partial charge in [0.25, 0.3) is 11.6 Å². The van der Waals surface area contributed by atoms with E-state index in [0.717, 1.165) is 11.1 Å². The SMILES string of the molecule is Cc1ccc([N+](=O)[O-])c(C(=O)NCC(N)c2ccc(C(C)C)cc2)c1.Cl. The highest BCUT2D eigenvalue weighted by Gasteiger charge is 2.20. The summed E-state index contributed by atoms with van der Waals surface area (Å²) in [7, 11) is 0. The molecule has 0 saturated carbocycles. The number of carbonyl (C=O) groups is 1. The van der Waals surface area contributed by atoms with Gasteiger partial charge >= 0.3 is 0 Å². The van der Waals surface area contributed by atoms with Gasteiger partial charge in [-0.3, -0.25) is 14.9 Å². The van der Waals surface area contributed by atoms with Crippen LogP contribution < -0.4 is 11.1 Å². The highest BCUT2D eigenvalue weighted by molar-refractivity contribution is 5.98. The Bertz CT molecular complexity index is 776. The molecule has 7 heteroatoms. The quantitative estimate of drug-likeness (QED) is 0.589. The number of nitro benzene ring substituents is 1. The van der Waals surface area contributed by atoms with Crippen molar-refractivity contribution in [3.63, 3.8) is 0 Å². The molecule has 6 nitrogen and oxygen atoms in total. The molecule has 0 radical (unpaired) electrons. The first-order chi connectivity index (χ1) is 11.8. The van der Waals surface area contributed by atoms with Gasteiger partial charge in [-0.05, 0) is 35.6 Å². The molecule has 1 amide bonds. The highest BCUT2D eigenvalue weighted by Crippen LogP contribution is 2.20. The molecule has 2 aromatic rings. The van der Waals surface area contributed by atoms with Crippen molar-refractivity contribution in [3.05, 3.63) is 74.8 Å². The third-order valence-corrected chi connectivity index (χ3v) is 4.11. The monoisotopic (exact) mass is 377 g/mol. The molecule has 2 rings (SSSR count). The van der Waals surface area contributed by atoms with Gasteiger partial charge < -0.3 is 11.1 Å². The van der Waals surface area contributed by atoms with Crippen LogP contribution in [0.5, 0.6) is 0 Å². The first-order valence-corrected chi connectivity index (χ1v) is 8.18. The topological polar surface area (TPSA) is 98.3 Å². The zero-order valence-corrected chi connectivity index (χ0v) is 15.9. The second kappa shape index (κ2) is 9.31. The standard InChI is InChI=1S/C19H23N3O3.ClH/c1-12(2)14-5-7-15(8-6-14)17(20)11-21-19(23)16-10-13(3)4-9-18(16)22(24)25;/h4-10,12,17H,11,20H2,1-3H3,(H,21,23);1H. The van der Waals surface area contributed by atoms with Gasteiger partial charge in [0.2, 0.25) is 0 Å². The lowest BCUT2D eigenvalue weighted by Crippen LogP contribution is -2.32. The van der Waals surface area contributed by atoms with Gasteiger partial charge in [-0.1, -0.05) is 44.2 Å². The van der Waals surface area contributed by atoms with E-state index in [4.69, 9.17) is 5.73 Å². The molecule has 0 aliphatic carbocycles. The van der Waals surface area contributed by atoms with Crippen LogP contribution in [0.2, 0.25) is 0 Å². The fraction of sp³-hybridized carbons (Fsp3) is 0.316. The predicted octanol–water partition coefficient (Wildman–Crippen LogP) is 3.88. The van der Waals surface area contributed by atoms with E-state index in [1.807, 2.05) is 24.3 Å².